The summed E-state index contributed by atoms with van der Waals surface area (Å²) < 4.78 is 11.7. The number of ether oxygens (including phenoxy) is 2. The number of rotatable bonds is 7. The number of hydrogen-bond acceptors (Lipinski definition) is 4. The Morgan fingerprint density at radius 2 is 2.07 bits per heavy atom. The molecular weight excluding hydrogens is 408 g/mol. The van der Waals surface area contributed by atoms with Crippen molar-refractivity contribution in [3.63, 3.8) is 0 Å². The molecule has 1 aliphatic rings. The monoisotopic (exact) mass is 432 g/mol. The maximum absolute atomic E-state index is 12.6. The number of hydrogen-bond donors (Lipinski definition) is 1. The molecule has 1 atom stereocenters. The molecule has 0 bridgehead atoms. The largest absolute Gasteiger partial charge is 0.493 e. The third-order valence-corrected chi connectivity index (χ3v) is 5.33. The summed E-state index contributed by atoms with van der Waals surface area (Å²) in [5.74, 6) is 1.51. The highest BCUT2D eigenvalue weighted by Gasteiger charge is 2.23. The van der Waals surface area contributed by atoms with E-state index in [0.717, 1.165) is 19.5 Å². The Labute approximate surface area is 168 Å². The highest BCUT2D eigenvalue weighted by molar-refractivity contribution is 9.10. The van der Waals surface area contributed by atoms with E-state index < -0.39 is 0 Å². The highest BCUT2D eigenvalue weighted by atomic mass is 79.9. The van der Waals surface area contributed by atoms with Crippen LogP contribution in [-0.2, 0) is 0 Å². The van der Waals surface area contributed by atoms with Gasteiger partial charge in [-0.25, -0.2) is 0 Å². The van der Waals surface area contributed by atoms with Crippen LogP contribution in [0, 0.1) is 5.92 Å². The number of para-hydroxylation sites is 1. The molecule has 6 heteroatoms. The van der Waals surface area contributed by atoms with Gasteiger partial charge in [0.2, 0.25) is 0 Å². The average molecular weight is 433 g/mol. The van der Waals surface area contributed by atoms with E-state index in [0.29, 0.717) is 40.6 Å². The predicted octanol–water partition coefficient (Wildman–Crippen LogP) is 4.11. The Hall–Kier alpha value is -2.21. The Kier molecular flexibility index (Phi) is 6.61. The summed E-state index contributed by atoms with van der Waals surface area (Å²) in [6, 6.07) is 13.9. The summed E-state index contributed by atoms with van der Waals surface area (Å²) >= 11 is 3.47. The van der Waals surface area contributed by atoms with E-state index in [2.05, 4.69) is 50.4 Å². The Bertz CT molecular complexity index is 782. The van der Waals surface area contributed by atoms with Crippen LogP contribution in [0.1, 0.15) is 23.7 Å². The zero-order chi connectivity index (χ0) is 19.2. The molecule has 144 valence electrons. The first-order chi connectivity index (χ1) is 13.1. The van der Waals surface area contributed by atoms with Crippen molar-refractivity contribution in [2.45, 2.75) is 13.3 Å². The van der Waals surface area contributed by atoms with E-state index in [4.69, 9.17) is 9.47 Å². The minimum absolute atomic E-state index is 0.102. The minimum atomic E-state index is -0.102. The Morgan fingerprint density at radius 1 is 1.30 bits per heavy atom. The number of anilines is 1. The quantitative estimate of drug-likeness (QED) is 0.714. The van der Waals surface area contributed by atoms with Gasteiger partial charge in [0.15, 0.2) is 11.5 Å². The lowest BCUT2D eigenvalue weighted by Gasteiger charge is -2.19. The van der Waals surface area contributed by atoms with E-state index in [-0.39, 0.29) is 5.91 Å². The highest BCUT2D eigenvalue weighted by Crippen LogP contribution is 2.36. The van der Waals surface area contributed by atoms with Crippen molar-refractivity contribution >= 4 is 27.5 Å². The van der Waals surface area contributed by atoms with Gasteiger partial charge in [0.25, 0.3) is 5.91 Å². The van der Waals surface area contributed by atoms with Crippen molar-refractivity contribution in [3.05, 3.63) is 52.5 Å². The minimum Gasteiger partial charge on any atom is -0.493 e. The topological polar surface area (TPSA) is 50.8 Å². The van der Waals surface area contributed by atoms with E-state index in [9.17, 15) is 4.79 Å². The van der Waals surface area contributed by atoms with Gasteiger partial charge in [-0.15, -0.1) is 0 Å². The van der Waals surface area contributed by atoms with Crippen LogP contribution in [0.4, 0.5) is 5.69 Å². The molecule has 1 amide bonds. The third kappa shape index (κ3) is 4.75. The number of methoxy groups -OCH3 is 1. The van der Waals surface area contributed by atoms with Gasteiger partial charge in [0.05, 0.1) is 18.2 Å². The fourth-order valence-corrected chi connectivity index (χ4v) is 3.90. The van der Waals surface area contributed by atoms with Crippen molar-refractivity contribution in [2.75, 3.05) is 38.3 Å². The number of amides is 1. The van der Waals surface area contributed by atoms with Gasteiger partial charge in [-0.05, 0) is 59.5 Å². The number of nitrogens with one attached hydrogen (secondary N) is 1. The molecule has 1 saturated heterocycles. The summed E-state index contributed by atoms with van der Waals surface area (Å²) in [6.45, 7) is 5.08. The van der Waals surface area contributed by atoms with Crippen LogP contribution in [0.2, 0.25) is 0 Å². The van der Waals surface area contributed by atoms with E-state index in [1.54, 1.807) is 19.2 Å². The molecule has 2 aromatic rings. The van der Waals surface area contributed by atoms with Crippen molar-refractivity contribution < 1.29 is 14.3 Å². The molecule has 2 aromatic carbocycles. The van der Waals surface area contributed by atoms with Crippen LogP contribution >= 0.6 is 15.9 Å². The zero-order valence-electron chi connectivity index (χ0n) is 15.7. The van der Waals surface area contributed by atoms with Gasteiger partial charge in [-0.3, -0.25) is 4.79 Å². The van der Waals surface area contributed by atoms with Crippen LogP contribution in [0.25, 0.3) is 0 Å². The second kappa shape index (κ2) is 9.13. The fourth-order valence-electron chi connectivity index (χ4n) is 3.35. The maximum atomic E-state index is 12.6. The lowest BCUT2D eigenvalue weighted by atomic mass is 10.1. The maximum Gasteiger partial charge on any atom is 0.251 e. The number of carbonyl (C=O) groups excluding carboxylic acids is 1. The first kappa shape index (κ1) is 19.5. The predicted molar refractivity (Wildman–Crippen MR) is 111 cm³/mol. The van der Waals surface area contributed by atoms with Gasteiger partial charge in [-0.1, -0.05) is 18.2 Å². The lowest BCUT2D eigenvalue weighted by molar-refractivity contribution is 0.0947. The number of halogens is 1. The first-order valence-corrected chi connectivity index (χ1v) is 10.00. The molecule has 27 heavy (non-hydrogen) atoms. The van der Waals surface area contributed by atoms with E-state index in [1.165, 1.54) is 5.69 Å². The zero-order valence-corrected chi connectivity index (χ0v) is 17.3. The molecule has 5 nitrogen and oxygen atoms in total. The molecule has 0 radical (unpaired) electrons. The normalized spacial score (nSPS) is 16.3. The third-order valence-electron chi connectivity index (χ3n) is 4.74. The standard InChI is InChI=1S/C21H25BrN2O3/c1-3-27-20-18(22)11-16(12-19(20)26-2)21(25)23-13-15-9-10-24(14-15)17-7-5-4-6-8-17/h4-8,11-12,15H,3,9-10,13-14H2,1-2H3,(H,23,25). The smallest absolute Gasteiger partial charge is 0.251 e. The Balaban J connectivity index is 1.59. The van der Waals surface area contributed by atoms with Gasteiger partial charge in [-0.2, -0.15) is 0 Å². The lowest BCUT2D eigenvalue weighted by Crippen LogP contribution is -2.31. The number of carbonyl (C=O) groups is 1. The van der Waals surface area contributed by atoms with Crippen LogP contribution in [0.3, 0.4) is 0 Å². The molecule has 1 unspecified atom stereocenters. The average Bonchev–Trinajstić information content (AvgIpc) is 3.17. The molecule has 0 spiro atoms. The summed E-state index contributed by atoms with van der Waals surface area (Å²) in [5.41, 5.74) is 1.80. The number of benzene rings is 2. The summed E-state index contributed by atoms with van der Waals surface area (Å²) in [5, 5.41) is 3.06. The van der Waals surface area contributed by atoms with E-state index in [1.807, 2.05) is 13.0 Å². The molecule has 1 aliphatic heterocycles. The molecule has 3 rings (SSSR count). The fraction of sp³-hybridized carbons (Fsp3) is 0.381. The summed E-state index contributed by atoms with van der Waals surface area (Å²) in [4.78, 5) is 15.0. The molecule has 0 aliphatic carbocycles. The molecular formula is C21H25BrN2O3. The number of nitrogens with zero attached hydrogens (tertiary/aromatic N) is 1. The second-order valence-corrected chi connectivity index (χ2v) is 7.42. The molecule has 1 fully saturated rings. The molecule has 0 saturated carbocycles. The summed E-state index contributed by atoms with van der Waals surface area (Å²) in [6.07, 6.45) is 1.07. The van der Waals surface area contributed by atoms with Crippen molar-refractivity contribution in [2.24, 2.45) is 5.92 Å². The Morgan fingerprint density at radius 3 is 2.78 bits per heavy atom. The molecule has 0 aromatic heterocycles. The van der Waals surface area contributed by atoms with Gasteiger partial charge >= 0.3 is 0 Å². The van der Waals surface area contributed by atoms with Crippen LogP contribution in [0.5, 0.6) is 11.5 Å². The van der Waals surface area contributed by atoms with Crippen molar-refractivity contribution in [1.29, 1.82) is 0 Å². The van der Waals surface area contributed by atoms with Crippen LogP contribution in [0.15, 0.2) is 46.9 Å². The van der Waals surface area contributed by atoms with Gasteiger partial charge in [0.1, 0.15) is 0 Å². The van der Waals surface area contributed by atoms with Gasteiger partial charge < -0.3 is 19.7 Å². The second-order valence-electron chi connectivity index (χ2n) is 6.57. The summed E-state index contributed by atoms with van der Waals surface area (Å²) in [7, 11) is 1.57. The molecule has 1 heterocycles. The van der Waals surface area contributed by atoms with E-state index >= 15 is 0 Å². The first-order valence-electron chi connectivity index (χ1n) is 9.21. The van der Waals surface area contributed by atoms with Gasteiger partial charge in [0, 0.05) is 30.9 Å². The van der Waals surface area contributed by atoms with Crippen LogP contribution < -0.4 is 19.7 Å². The van der Waals surface area contributed by atoms with Crippen molar-refractivity contribution in [3.8, 4) is 11.5 Å². The van der Waals surface area contributed by atoms with Crippen LogP contribution in [-0.4, -0.2) is 39.3 Å². The molecule has 1 N–H and O–H groups in total. The van der Waals surface area contributed by atoms with Crippen molar-refractivity contribution in [1.82, 2.24) is 5.32 Å². The SMILES string of the molecule is CCOc1c(Br)cc(C(=O)NCC2CCN(c3ccccc3)C2)cc1OC.